The average molecular weight is 340 g/mol. The van der Waals surface area contributed by atoms with Crippen molar-refractivity contribution in [1.82, 2.24) is 15.5 Å². The van der Waals surface area contributed by atoms with Crippen LogP contribution in [0.5, 0.6) is 0 Å². The first-order valence-electron chi connectivity index (χ1n) is 8.02. The van der Waals surface area contributed by atoms with E-state index >= 15 is 0 Å². The first-order valence-corrected chi connectivity index (χ1v) is 8.02. The first kappa shape index (κ1) is 22.0. The van der Waals surface area contributed by atoms with Gasteiger partial charge in [-0.25, -0.2) is 0 Å². The van der Waals surface area contributed by atoms with Crippen molar-refractivity contribution in [3.05, 3.63) is 0 Å². The van der Waals surface area contributed by atoms with E-state index in [0.29, 0.717) is 38.0 Å². The van der Waals surface area contributed by atoms with Gasteiger partial charge in [-0.15, -0.1) is 0 Å². The summed E-state index contributed by atoms with van der Waals surface area (Å²) in [5.74, 6) is 1.19. The van der Waals surface area contributed by atoms with Crippen LogP contribution in [0.2, 0.25) is 0 Å². The molecule has 0 aliphatic carbocycles. The predicted octanol–water partition coefficient (Wildman–Crippen LogP) is 2.10. The molecule has 0 spiro atoms. The normalized spacial score (nSPS) is 13.0. The van der Waals surface area contributed by atoms with Crippen LogP contribution in [0.15, 0.2) is 4.99 Å². The number of ether oxygens (including phenoxy) is 1. The Morgan fingerprint density at radius 2 is 1.78 bits per heavy atom. The second-order valence-electron chi connectivity index (χ2n) is 5.95. The van der Waals surface area contributed by atoms with Gasteiger partial charge < -0.3 is 15.4 Å². The SMILES string of the molecule is CN=C(NCCCOCC(C)C)NCCCN(C)CC(F)(F)F. The molecule has 138 valence electrons. The molecule has 0 aromatic heterocycles. The molecule has 5 nitrogen and oxygen atoms in total. The van der Waals surface area contributed by atoms with Gasteiger partial charge in [0, 0.05) is 33.4 Å². The lowest BCUT2D eigenvalue weighted by Crippen LogP contribution is -2.39. The third-order valence-electron chi connectivity index (χ3n) is 2.89. The zero-order chi connectivity index (χ0) is 17.7. The van der Waals surface area contributed by atoms with Gasteiger partial charge in [0.15, 0.2) is 5.96 Å². The molecule has 0 saturated heterocycles. The zero-order valence-corrected chi connectivity index (χ0v) is 14.7. The standard InChI is InChI=1S/C15H31F3N4O/c1-13(2)11-23-10-6-8-21-14(19-3)20-7-5-9-22(4)12-15(16,17)18/h13H,5-12H2,1-4H3,(H2,19,20,21). The molecule has 0 fully saturated rings. The van der Waals surface area contributed by atoms with Crippen molar-refractivity contribution in [3.8, 4) is 0 Å². The minimum atomic E-state index is -4.14. The number of hydrogen-bond donors (Lipinski definition) is 2. The van der Waals surface area contributed by atoms with Crippen molar-refractivity contribution in [2.45, 2.75) is 32.9 Å². The number of guanidine groups is 1. The van der Waals surface area contributed by atoms with Crippen molar-refractivity contribution < 1.29 is 17.9 Å². The maximum absolute atomic E-state index is 12.2. The Morgan fingerprint density at radius 3 is 2.30 bits per heavy atom. The number of aliphatic imine (C=N–C) groups is 1. The van der Waals surface area contributed by atoms with E-state index in [1.807, 2.05) is 0 Å². The van der Waals surface area contributed by atoms with Crippen molar-refractivity contribution in [2.75, 3.05) is 53.5 Å². The third kappa shape index (κ3) is 15.6. The number of nitrogens with one attached hydrogen (secondary N) is 2. The van der Waals surface area contributed by atoms with E-state index in [1.54, 1.807) is 7.05 Å². The molecule has 0 rings (SSSR count). The highest BCUT2D eigenvalue weighted by molar-refractivity contribution is 5.79. The minimum absolute atomic E-state index is 0.381. The van der Waals surface area contributed by atoms with E-state index in [4.69, 9.17) is 4.74 Å². The van der Waals surface area contributed by atoms with Gasteiger partial charge in [0.05, 0.1) is 6.54 Å². The van der Waals surface area contributed by atoms with Gasteiger partial charge in [0.1, 0.15) is 0 Å². The Bertz CT molecular complexity index is 322. The molecule has 8 heteroatoms. The Balaban J connectivity index is 3.63. The first-order chi connectivity index (χ1) is 10.7. The van der Waals surface area contributed by atoms with Crippen LogP contribution in [0.4, 0.5) is 13.2 Å². The Morgan fingerprint density at radius 1 is 1.17 bits per heavy atom. The van der Waals surface area contributed by atoms with Gasteiger partial charge in [-0.1, -0.05) is 13.8 Å². The zero-order valence-electron chi connectivity index (χ0n) is 14.7. The molecule has 0 aromatic carbocycles. The third-order valence-corrected chi connectivity index (χ3v) is 2.89. The summed E-state index contributed by atoms with van der Waals surface area (Å²) in [7, 11) is 3.14. The van der Waals surface area contributed by atoms with Crippen LogP contribution in [-0.2, 0) is 4.74 Å². The fraction of sp³-hybridized carbons (Fsp3) is 0.933. The van der Waals surface area contributed by atoms with Gasteiger partial charge >= 0.3 is 6.18 Å². The lowest BCUT2D eigenvalue weighted by Gasteiger charge is -2.19. The summed E-state index contributed by atoms with van der Waals surface area (Å²) in [5.41, 5.74) is 0. The maximum Gasteiger partial charge on any atom is 0.401 e. The Hall–Kier alpha value is -1.02. The molecule has 0 atom stereocenters. The lowest BCUT2D eigenvalue weighted by atomic mass is 10.2. The molecule has 0 aromatic rings. The second-order valence-corrected chi connectivity index (χ2v) is 5.95. The summed E-state index contributed by atoms with van der Waals surface area (Å²) in [6.07, 6.45) is -2.65. The van der Waals surface area contributed by atoms with Crippen LogP contribution in [-0.4, -0.2) is 70.5 Å². The maximum atomic E-state index is 12.2. The highest BCUT2D eigenvalue weighted by Gasteiger charge is 2.28. The van der Waals surface area contributed by atoms with Gasteiger partial charge in [0.2, 0.25) is 0 Å². The van der Waals surface area contributed by atoms with Gasteiger partial charge in [0.25, 0.3) is 0 Å². The molecule has 2 N–H and O–H groups in total. The lowest BCUT2D eigenvalue weighted by molar-refractivity contribution is -0.143. The molecule has 0 radical (unpaired) electrons. The molecule has 0 aliphatic heterocycles. The summed E-state index contributed by atoms with van der Waals surface area (Å²) in [5, 5.41) is 6.24. The largest absolute Gasteiger partial charge is 0.401 e. The fourth-order valence-corrected chi connectivity index (χ4v) is 1.86. The minimum Gasteiger partial charge on any atom is -0.381 e. The van der Waals surface area contributed by atoms with Crippen molar-refractivity contribution in [1.29, 1.82) is 0 Å². The summed E-state index contributed by atoms with van der Waals surface area (Å²) in [6.45, 7) is 6.50. The Labute approximate surface area is 137 Å². The molecule has 0 amide bonds. The average Bonchev–Trinajstić information content (AvgIpc) is 2.42. The predicted molar refractivity (Wildman–Crippen MR) is 87.8 cm³/mol. The summed E-state index contributed by atoms with van der Waals surface area (Å²) in [4.78, 5) is 5.34. The molecule has 0 saturated carbocycles. The van der Waals surface area contributed by atoms with Crippen LogP contribution in [0.1, 0.15) is 26.7 Å². The number of alkyl halides is 3. The monoisotopic (exact) mass is 340 g/mol. The van der Waals surface area contributed by atoms with E-state index < -0.39 is 12.7 Å². The van der Waals surface area contributed by atoms with E-state index in [9.17, 15) is 13.2 Å². The van der Waals surface area contributed by atoms with Crippen LogP contribution < -0.4 is 10.6 Å². The Kier molecular flexibility index (Phi) is 11.9. The van der Waals surface area contributed by atoms with Crippen LogP contribution >= 0.6 is 0 Å². The molecule has 23 heavy (non-hydrogen) atoms. The van der Waals surface area contributed by atoms with Gasteiger partial charge in [-0.2, -0.15) is 13.2 Å². The number of halogens is 3. The van der Waals surface area contributed by atoms with Crippen molar-refractivity contribution in [3.63, 3.8) is 0 Å². The van der Waals surface area contributed by atoms with Crippen molar-refractivity contribution in [2.24, 2.45) is 10.9 Å². The van der Waals surface area contributed by atoms with Gasteiger partial charge in [-0.3, -0.25) is 9.89 Å². The van der Waals surface area contributed by atoms with E-state index in [-0.39, 0.29) is 0 Å². The number of nitrogens with zero attached hydrogens (tertiary/aromatic N) is 2. The van der Waals surface area contributed by atoms with Gasteiger partial charge in [-0.05, 0) is 32.4 Å². The summed E-state index contributed by atoms with van der Waals surface area (Å²) < 4.78 is 42.0. The molecule has 0 unspecified atom stereocenters. The van der Waals surface area contributed by atoms with Crippen LogP contribution in [0.3, 0.4) is 0 Å². The molecular weight excluding hydrogens is 309 g/mol. The van der Waals surface area contributed by atoms with E-state index in [2.05, 4.69) is 29.5 Å². The number of hydrogen-bond acceptors (Lipinski definition) is 3. The molecular formula is C15H31F3N4O. The summed E-state index contributed by atoms with van der Waals surface area (Å²) >= 11 is 0. The molecule has 0 aliphatic rings. The van der Waals surface area contributed by atoms with Crippen LogP contribution in [0.25, 0.3) is 0 Å². The quantitative estimate of drug-likeness (QED) is 0.344. The fourth-order valence-electron chi connectivity index (χ4n) is 1.86. The van der Waals surface area contributed by atoms with Crippen molar-refractivity contribution >= 4 is 5.96 Å². The summed E-state index contributed by atoms with van der Waals surface area (Å²) in [6, 6.07) is 0. The highest BCUT2D eigenvalue weighted by atomic mass is 19.4. The molecule has 0 heterocycles. The smallest absolute Gasteiger partial charge is 0.381 e. The topological polar surface area (TPSA) is 48.9 Å². The van der Waals surface area contributed by atoms with E-state index in [0.717, 1.165) is 19.6 Å². The van der Waals surface area contributed by atoms with Crippen LogP contribution in [0, 0.1) is 5.92 Å². The second kappa shape index (κ2) is 12.4. The highest BCUT2D eigenvalue weighted by Crippen LogP contribution is 2.15. The number of rotatable bonds is 11. The van der Waals surface area contributed by atoms with E-state index in [1.165, 1.54) is 11.9 Å². The molecule has 0 bridgehead atoms.